The van der Waals surface area contributed by atoms with Gasteiger partial charge >= 0.3 is 12.1 Å². The second-order valence-corrected chi connectivity index (χ2v) is 6.57. The molecule has 1 aromatic heterocycles. The molecule has 1 unspecified atom stereocenters. The van der Waals surface area contributed by atoms with Crippen molar-refractivity contribution in [3.8, 4) is 10.4 Å². The van der Waals surface area contributed by atoms with Gasteiger partial charge in [-0.1, -0.05) is 25.5 Å². The number of alkyl halides is 3. The van der Waals surface area contributed by atoms with E-state index >= 15 is 0 Å². The Morgan fingerprint density at radius 2 is 1.88 bits per heavy atom. The van der Waals surface area contributed by atoms with Crippen LogP contribution in [0.15, 0.2) is 36.4 Å². The Kier molecular flexibility index (Phi) is 6.01. The molecule has 0 aliphatic heterocycles. The third-order valence-electron chi connectivity index (χ3n) is 3.56. The zero-order valence-electron chi connectivity index (χ0n) is 13.1. The smallest absolute Gasteiger partial charge is 0.416 e. The highest BCUT2D eigenvalue weighted by atomic mass is 32.1. The van der Waals surface area contributed by atoms with E-state index in [1.54, 1.807) is 0 Å². The Morgan fingerprint density at radius 3 is 2.42 bits per heavy atom. The number of hydrogen-bond donors (Lipinski definition) is 2. The van der Waals surface area contributed by atoms with Crippen molar-refractivity contribution in [2.24, 2.45) is 0 Å². The first-order valence-electron chi connectivity index (χ1n) is 7.53. The monoisotopic (exact) mass is 357 g/mol. The number of hydrogen-bond acceptors (Lipinski definition) is 3. The fourth-order valence-corrected chi connectivity index (χ4v) is 3.24. The number of carboxylic acid groups (broad SMARTS) is 1. The molecule has 0 saturated heterocycles. The van der Waals surface area contributed by atoms with Crippen LogP contribution < -0.4 is 5.32 Å². The van der Waals surface area contributed by atoms with E-state index in [1.165, 1.54) is 23.5 Å². The van der Waals surface area contributed by atoms with E-state index in [2.05, 4.69) is 5.32 Å². The van der Waals surface area contributed by atoms with Crippen molar-refractivity contribution < 1.29 is 23.1 Å². The van der Waals surface area contributed by atoms with Gasteiger partial charge in [-0.2, -0.15) is 13.2 Å². The summed E-state index contributed by atoms with van der Waals surface area (Å²) in [5.41, 5.74) is 0.0381. The summed E-state index contributed by atoms with van der Waals surface area (Å²) in [5, 5.41) is 12.1. The fourth-order valence-electron chi connectivity index (χ4n) is 2.28. The molecule has 0 aliphatic carbocycles. The standard InChI is InChI=1S/C17H18F3NO2S/c1-2-3-14(16(22)23)21-10-13-8-9-15(24-13)11-4-6-12(7-5-11)17(18,19)20/h4-9,14,21H,2-3,10H2,1H3,(H,22,23). The number of halogens is 3. The Balaban J connectivity index is 2.04. The SMILES string of the molecule is CCCC(NCc1ccc(-c2ccc(C(F)(F)F)cc2)s1)C(=O)O. The first-order chi connectivity index (χ1) is 11.3. The summed E-state index contributed by atoms with van der Waals surface area (Å²) in [4.78, 5) is 12.9. The molecule has 1 atom stereocenters. The number of nitrogens with one attached hydrogen (secondary N) is 1. The van der Waals surface area contributed by atoms with Gasteiger partial charge in [0.05, 0.1) is 5.56 Å². The lowest BCUT2D eigenvalue weighted by Gasteiger charge is -2.12. The molecule has 7 heteroatoms. The van der Waals surface area contributed by atoms with Gasteiger partial charge in [0.15, 0.2) is 0 Å². The molecule has 130 valence electrons. The second-order valence-electron chi connectivity index (χ2n) is 5.40. The first-order valence-corrected chi connectivity index (χ1v) is 8.35. The number of carboxylic acids is 1. The third-order valence-corrected chi connectivity index (χ3v) is 4.69. The molecule has 2 N–H and O–H groups in total. The zero-order valence-corrected chi connectivity index (χ0v) is 13.9. The highest BCUT2D eigenvalue weighted by Crippen LogP contribution is 2.33. The van der Waals surface area contributed by atoms with Crippen molar-refractivity contribution >= 4 is 17.3 Å². The molecule has 0 bridgehead atoms. The molecule has 24 heavy (non-hydrogen) atoms. The van der Waals surface area contributed by atoms with E-state index in [4.69, 9.17) is 5.11 Å². The summed E-state index contributed by atoms with van der Waals surface area (Å²) >= 11 is 1.43. The van der Waals surface area contributed by atoms with E-state index < -0.39 is 23.8 Å². The molecule has 0 spiro atoms. The van der Waals surface area contributed by atoms with Gasteiger partial charge in [-0.25, -0.2) is 0 Å². The molecule has 0 amide bonds. The summed E-state index contributed by atoms with van der Waals surface area (Å²) in [6, 6.07) is 8.12. The van der Waals surface area contributed by atoms with Gasteiger partial charge in [-0.3, -0.25) is 10.1 Å². The van der Waals surface area contributed by atoms with Crippen LogP contribution in [0.5, 0.6) is 0 Å². The molecule has 0 saturated carbocycles. The topological polar surface area (TPSA) is 49.3 Å². The minimum absolute atomic E-state index is 0.419. The molecule has 2 rings (SSSR count). The minimum atomic E-state index is -4.34. The van der Waals surface area contributed by atoms with Crippen LogP contribution >= 0.6 is 11.3 Å². The Morgan fingerprint density at radius 1 is 1.21 bits per heavy atom. The maximum absolute atomic E-state index is 12.6. The van der Waals surface area contributed by atoms with E-state index in [0.717, 1.165) is 28.3 Å². The average molecular weight is 357 g/mol. The van der Waals surface area contributed by atoms with Crippen LogP contribution in [0.3, 0.4) is 0 Å². The van der Waals surface area contributed by atoms with Crippen LogP contribution in [-0.4, -0.2) is 17.1 Å². The van der Waals surface area contributed by atoms with Crippen LogP contribution in [0, 0.1) is 0 Å². The molecule has 3 nitrogen and oxygen atoms in total. The van der Waals surface area contributed by atoms with Crippen LogP contribution in [0.4, 0.5) is 13.2 Å². The molecule has 0 radical (unpaired) electrons. The largest absolute Gasteiger partial charge is 0.480 e. The van der Waals surface area contributed by atoms with Crippen molar-refractivity contribution in [1.82, 2.24) is 5.32 Å². The number of rotatable bonds is 7. The molecule has 1 heterocycles. The predicted molar refractivity (Wildman–Crippen MR) is 87.9 cm³/mol. The fraction of sp³-hybridized carbons (Fsp3) is 0.353. The molecule has 0 aliphatic rings. The highest BCUT2D eigenvalue weighted by Gasteiger charge is 2.30. The van der Waals surface area contributed by atoms with Gasteiger partial charge in [0.2, 0.25) is 0 Å². The number of aliphatic carboxylic acids is 1. The lowest BCUT2D eigenvalue weighted by molar-refractivity contribution is -0.140. The van der Waals surface area contributed by atoms with Crippen molar-refractivity contribution in [3.05, 3.63) is 46.8 Å². The first kappa shape index (κ1) is 18.5. The maximum Gasteiger partial charge on any atom is 0.416 e. The number of benzene rings is 1. The molecule has 1 aromatic carbocycles. The molecular weight excluding hydrogens is 339 g/mol. The number of thiophene rings is 1. The molecule has 2 aromatic rings. The Labute approximate surface area is 142 Å². The van der Waals surface area contributed by atoms with Crippen molar-refractivity contribution in [3.63, 3.8) is 0 Å². The minimum Gasteiger partial charge on any atom is -0.480 e. The summed E-state index contributed by atoms with van der Waals surface area (Å²) in [7, 11) is 0. The third kappa shape index (κ3) is 4.82. The van der Waals surface area contributed by atoms with Crippen LogP contribution in [-0.2, 0) is 17.5 Å². The van der Waals surface area contributed by atoms with Gasteiger partial charge in [0, 0.05) is 16.3 Å². The second kappa shape index (κ2) is 7.81. The van der Waals surface area contributed by atoms with E-state index in [0.29, 0.717) is 18.5 Å². The average Bonchev–Trinajstić information content (AvgIpc) is 2.99. The summed E-state index contributed by atoms with van der Waals surface area (Å²) in [6.07, 6.45) is -3.02. The van der Waals surface area contributed by atoms with Gasteiger partial charge in [0.25, 0.3) is 0 Å². The van der Waals surface area contributed by atoms with E-state index in [1.807, 2.05) is 19.1 Å². The van der Waals surface area contributed by atoms with Gasteiger partial charge in [0.1, 0.15) is 6.04 Å². The summed E-state index contributed by atoms with van der Waals surface area (Å²) in [6.45, 7) is 2.34. The lowest BCUT2D eigenvalue weighted by Crippen LogP contribution is -2.35. The van der Waals surface area contributed by atoms with Crippen LogP contribution in [0.1, 0.15) is 30.2 Å². The Hall–Kier alpha value is -1.86. The maximum atomic E-state index is 12.6. The van der Waals surface area contributed by atoms with Gasteiger partial charge in [-0.05, 0) is 36.2 Å². The normalized spacial score (nSPS) is 13.0. The molecule has 0 fully saturated rings. The predicted octanol–water partition coefficient (Wildman–Crippen LogP) is 4.78. The van der Waals surface area contributed by atoms with E-state index in [-0.39, 0.29) is 0 Å². The van der Waals surface area contributed by atoms with Crippen LogP contribution in [0.2, 0.25) is 0 Å². The molecular formula is C17H18F3NO2S. The van der Waals surface area contributed by atoms with E-state index in [9.17, 15) is 18.0 Å². The highest BCUT2D eigenvalue weighted by molar-refractivity contribution is 7.15. The van der Waals surface area contributed by atoms with Crippen molar-refractivity contribution in [2.75, 3.05) is 0 Å². The van der Waals surface area contributed by atoms with Gasteiger partial charge < -0.3 is 5.11 Å². The number of carbonyl (C=O) groups is 1. The lowest BCUT2D eigenvalue weighted by atomic mass is 10.1. The summed E-state index contributed by atoms with van der Waals surface area (Å²) in [5.74, 6) is -0.878. The van der Waals surface area contributed by atoms with Gasteiger partial charge in [-0.15, -0.1) is 11.3 Å². The van der Waals surface area contributed by atoms with Crippen molar-refractivity contribution in [1.29, 1.82) is 0 Å². The quantitative estimate of drug-likeness (QED) is 0.750. The Bertz CT molecular complexity index is 680. The summed E-state index contributed by atoms with van der Waals surface area (Å²) < 4.78 is 37.7. The van der Waals surface area contributed by atoms with Crippen molar-refractivity contribution in [2.45, 2.75) is 38.5 Å². The van der Waals surface area contributed by atoms with Crippen LogP contribution in [0.25, 0.3) is 10.4 Å². The zero-order chi connectivity index (χ0) is 17.7.